The van der Waals surface area contributed by atoms with E-state index < -0.39 is 0 Å². The van der Waals surface area contributed by atoms with Crippen LogP contribution in [0.25, 0.3) is 0 Å². The Morgan fingerprint density at radius 2 is 2.00 bits per heavy atom. The van der Waals surface area contributed by atoms with Crippen molar-refractivity contribution in [2.75, 3.05) is 32.7 Å². The van der Waals surface area contributed by atoms with Crippen molar-refractivity contribution in [1.82, 2.24) is 15.1 Å². The van der Waals surface area contributed by atoms with E-state index in [0.29, 0.717) is 19.5 Å². The number of hydrogen-bond acceptors (Lipinski definition) is 3. The minimum absolute atomic E-state index is 0.0663. The van der Waals surface area contributed by atoms with Crippen molar-refractivity contribution in [2.24, 2.45) is 0 Å². The lowest BCUT2D eigenvalue weighted by Crippen LogP contribution is -2.39. The van der Waals surface area contributed by atoms with Gasteiger partial charge in [-0.15, -0.1) is 0 Å². The number of rotatable bonds is 10. The number of nitrogens with zero attached hydrogens (tertiary/aromatic N) is 2. The predicted molar refractivity (Wildman–Crippen MR) is 105 cm³/mol. The fourth-order valence-electron chi connectivity index (χ4n) is 3.40. The van der Waals surface area contributed by atoms with Crippen molar-refractivity contribution in [2.45, 2.75) is 52.0 Å². The molecule has 1 fully saturated rings. The molecule has 0 atom stereocenters. The lowest BCUT2D eigenvalue weighted by atomic mass is 10.2. The molecule has 1 aliphatic heterocycles. The fraction of sp³-hybridized carbons (Fsp3) is 0.619. The zero-order valence-corrected chi connectivity index (χ0v) is 16.1. The molecular weight excluding hydrogens is 326 g/mol. The van der Waals surface area contributed by atoms with Gasteiger partial charge in [0.1, 0.15) is 0 Å². The third-order valence-electron chi connectivity index (χ3n) is 4.75. The molecule has 0 saturated carbocycles. The number of amides is 2. The van der Waals surface area contributed by atoms with E-state index in [0.717, 1.165) is 58.3 Å². The van der Waals surface area contributed by atoms with Gasteiger partial charge in [0, 0.05) is 32.6 Å². The van der Waals surface area contributed by atoms with E-state index in [4.69, 9.17) is 0 Å². The first-order chi connectivity index (χ1) is 12.7. The fourth-order valence-corrected chi connectivity index (χ4v) is 3.40. The summed E-state index contributed by atoms with van der Waals surface area (Å²) in [5.41, 5.74) is 1.23. The number of nitrogens with one attached hydrogen (secondary N) is 1. The summed E-state index contributed by atoms with van der Waals surface area (Å²) in [7, 11) is 0. The monoisotopic (exact) mass is 359 g/mol. The van der Waals surface area contributed by atoms with Crippen molar-refractivity contribution in [1.29, 1.82) is 0 Å². The minimum atomic E-state index is 0.0663. The van der Waals surface area contributed by atoms with Crippen LogP contribution in [0.15, 0.2) is 30.3 Å². The van der Waals surface area contributed by atoms with Crippen molar-refractivity contribution in [3.05, 3.63) is 35.9 Å². The van der Waals surface area contributed by atoms with Crippen molar-refractivity contribution < 1.29 is 9.59 Å². The number of carbonyl (C=O) groups excluding carboxylic acids is 2. The second kappa shape index (κ2) is 11.7. The van der Waals surface area contributed by atoms with E-state index in [2.05, 4.69) is 29.3 Å². The van der Waals surface area contributed by atoms with E-state index in [1.165, 1.54) is 5.56 Å². The smallest absolute Gasteiger partial charge is 0.234 e. The lowest BCUT2D eigenvalue weighted by molar-refractivity contribution is -0.130. The van der Waals surface area contributed by atoms with Gasteiger partial charge in [0.15, 0.2) is 0 Å². The molecule has 5 nitrogen and oxygen atoms in total. The Hall–Kier alpha value is -1.88. The molecule has 1 saturated heterocycles. The normalized spacial score (nSPS) is 15.2. The van der Waals surface area contributed by atoms with Gasteiger partial charge in [-0.25, -0.2) is 0 Å². The summed E-state index contributed by atoms with van der Waals surface area (Å²) in [5, 5.41) is 3.01. The molecule has 0 radical (unpaired) electrons. The van der Waals surface area contributed by atoms with Gasteiger partial charge in [-0.1, -0.05) is 43.7 Å². The quantitative estimate of drug-likeness (QED) is 0.654. The highest BCUT2D eigenvalue weighted by Gasteiger charge is 2.16. The van der Waals surface area contributed by atoms with E-state index in [1.807, 2.05) is 23.1 Å². The Kier molecular flexibility index (Phi) is 9.18. The third kappa shape index (κ3) is 7.56. The molecule has 0 spiro atoms. The van der Waals surface area contributed by atoms with Crippen molar-refractivity contribution >= 4 is 11.8 Å². The van der Waals surface area contributed by atoms with Gasteiger partial charge in [-0.05, 0) is 37.8 Å². The van der Waals surface area contributed by atoms with E-state index >= 15 is 0 Å². The summed E-state index contributed by atoms with van der Waals surface area (Å²) in [5.74, 6) is 0.336. The number of carbonyl (C=O) groups is 2. The first-order valence-electron chi connectivity index (χ1n) is 9.99. The van der Waals surface area contributed by atoms with Crippen LogP contribution in [-0.4, -0.2) is 54.3 Å². The maximum Gasteiger partial charge on any atom is 0.234 e. The molecule has 1 heterocycles. The van der Waals surface area contributed by atoms with Crippen LogP contribution in [0.2, 0.25) is 0 Å². The molecule has 1 aromatic rings. The summed E-state index contributed by atoms with van der Waals surface area (Å²) in [4.78, 5) is 28.4. The molecule has 144 valence electrons. The van der Waals surface area contributed by atoms with Gasteiger partial charge < -0.3 is 10.2 Å². The second-order valence-electron chi connectivity index (χ2n) is 7.09. The number of benzene rings is 1. The molecular formula is C21H33N3O2. The lowest BCUT2D eigenvalue weighted by Gasteiger charge is -2.22. The molecule has 1 aliphatic rings. The van der Waals surface area contributed by atoms with E-state index in [-0.39, 0.29) is 11.8 Å². The molecule has 1 aromatic carbocycles. The molecule has 2 rings (SSSR count). The van der Waals surface area contributed by atoms with Gasteiger partial charge in [0.05, 0.1) is 6.54 Å². The zero-order chi connectivity index (χ0) is 18.6. The molecule has 0 unspecified atom stereocenters. The molecule has 26 heavy (non-hydrogen) atoms. The first kappa shape index (κ1) is 20.4. The summed E-state index contributed by atoms with van der Waals surface area (Å²) in [6.45, 7) is 6.51. The average molecular weight is 360 g/mol. The third-order valence-corrected chi connectivity index (χ3v) is 4.75. The SMILES string of the molecule is CCCN(CC(=O)NCCCN1CCCCCC1=O)Cc1ccccc1. The Labute approximate surface area is 157 Å². The highest BCUT2D eigenvalue weighted by molar-refractivity contribution is 5.78. The van der Waals surface area contributed by atoms with Crippen molar-refractivity contribution in [3.63, 3.8) is 0 Å². The summed E-state index contributed by atoms with van der Waals surface area (Å²) in [6, 6.07) is 10.3. The minimum Gasteiger partial charge on any atom is -0.355 e. The van der Waals surface area contributed by atoms with Crippen LogP contribution >= 0.6 is 0 Å². The predicted octanol–water partition coefficient (Wildman–Crippen LogP) is 2.81. The van der Waals surface area contributed by atoms with Crippen LogP contribution < -0.4 is 5.32 Å². The standard InChI is InChI=1S/C21H33N3O2/c1-2-14-23(17-19-10-5-3-6-11-19)18-20(25)22-13-9-16-24-15-8-4-7-12-21(24)26/h3,5-6,10-11H,2,4,7-9,12-18H2,1H3,(H,22,25). The van der Waals surface area contributed by atoms with Crippen LogP contribution in [0.3, 0.4) is 0 Å². The molecule has 5 heteroatoms. The maximum atomic E-state index is 12.3. The number of likely N-dealkylation sites (tertiary alicyclic amines) is 1. The maximum absolute atomic E-state index is 12.3. The Balaban J connectivity index is 1.68. The molecule has 2 amide bonds. The highest BCUT2D eigenvalue weighted by Crippen LogP contribution is 2.11. The van der Waals surface area contributed by atoms with Crippen LogP contribution in [0.1, 0.15) is 51.0 Å². The molecule has 0 aliphatic carbocycles. The second-order valence-corrected chi connectivity index (χ2v) is 7.09. The summed E-state index contributed by atoms with van der Waals surface area (Å²) in [6.07, 6.45) is 5.79. The van der Waals surface area contributed by atoms with Crippen molar-refractivity contribution in [3.8, 4) is 0 Å². The van der Waals surface area contributed by atoms with Gasteiger partial charge in [-0.3, -0.25) is 14.5 Å². The number of hydrogen-bond donors (Lipinski definition) is 1. The van der Waals surface area contributed by atoms with Crippen LogP contribution in [0.5, 0.6) is 0 Å². The van der Waals surface area contributed by atoms with Gasteiger partial charge in [0.2, 0.25) is 11.8 Å². The molecule has 1 N–H and O–H groups in total. The largest absolute Gasteiger partial charge is 0.355 e. The van der Waals surface area contributed by atoms with Crippen LogP contribution in [0, 0.1) is 0 Å². The topological polar surface area (TPSA) is 52.7 Å². The highest BCUT2D eigenvalue weighted by atomic mass is 16.2. The molecule has 0 aromatic heterocycles. The van der Waals surface area contributed by atoms with Crippen LogP contribution in [-0.2, 0) is 16.1 Å². The zero-order valence-electron chi connectivity index (χ0n) is 16.1. The van der Waals surface area contributed by atoms with E-state index in [9.17, 15) is 9.59 Å². The molecule has 0 bridgehead atoms. The van der Waals surface area contributed by atoms with Gasteiger partial charge >= 0.3 is 0 Å². The summed E-state index contributed by atoms with van der Waals surface area (Å²) < 4.78 is 0. The Morgan fingerprint density at radius 3 is 2.77 bits per heavy atom. The average Bonchev–Trinajstić information content (AvgIpc) is 2.84. The van der Waals surface area contributed by atoms with Gasteiger partial charge in [-0.2, -0.15) is 0 Å². The Bertz CT molecular complexity index is 547. The summed E-state index contributed by atoms with van der Waals surface area (Å²) >= 11 is 0. The van der Waals surface area contributed by atoms with Gasteiger partial charge in [0.25, 0.3) is 0 Å². The van der Waals surface area contributed by atoms with E-state index in [1.54, 1.807) is 0 Å². The first-order valence-corrected chi connectivity index (χ1v) is 9.99. The Morgan fingerprint density at radius 1 is 1.19 bits per heavy atom. The van der Waals surface area contributed by atoms with Crippen LogP contribution in [0.4, 0.5) is 0 Å².